The molecule has 1 heterocycles. The van der Waals surface area contributed by atoms with E-state index >= 15 is 0 Å². The summed E-state index contributed by atoms with van der Waals surface area (Å²) >= 11 is 5.87. The minimum absolute atomic E-state index is 0.0566. The molecule has 0 aliphatic rings. The highest BCUT2D eigenvalue weighted by atomic mass is 35.5. The van der Waals surface area contributed by atoms with E-state index in [1.165, 1.54) is 6.07 Å². The van der Waals surface area contributed by atoms with Crippen LogP contribution in [0.5, 0.6) is 5.75 Å². The SMILES string of the molecule is Cc1ccc(Cl)cc1S(=O)(=O)Oc1ccc2c(c1)ncn2C. The van der Waals surface area contributed by atoms with E-state index < -0.39 is 10.1 Å². The topological polar surface area (TPSA) is 61.2 Å². The maximum atomic E-state index is 12.4. The van der Waals surface area contributed by atoms with E-state index in [1.807, 2.05) is 11.6 Å². The van der Waals surface area contributed by atoms with Gasteiger partial charge in [-0.25, -0.2) is 4.98 Å². The lowest BCUT2D eigenvalue weighted by Gasteiger charge is -2.09. The minimum Gasteiger partial charge on any atom is -0.379 e. The average Bonchev–Trinajstić information content (AvgIpc) is 2.82. The van der Waals surface area contributed by atoms with Crippen LogP contribution < -0.4 is 4.18 Å². The molecular formula is C15H13ClN2O3S. The Hall–Kier alpha value is -2.05. The largest absolute Gasteiger partial charge is 0.379 e. The highest BCUT2D eigenvalue weighted by Gasteiger charge is 2.20. The standard InChI is InChI=1S/C15H13ClN2O3S/c1-10-3-4-11(16)7-15(10)22(19,20)21-12-5-6-14-13(8-12)17-9-18(14)2/h3-9H,1-2H3. The Morgan fingerprint density at radius 2 is 1.95 bits per heavy atom. The van der Waals surface area contributed by atoms with Gasteiger partial charge in [0.05, 0.1) is 17.4 Å². The fourth-order valence-electron chi connectivity index (χ4n) is 2.18. The van der Waals surface area contributed by atoms with E-state index in [-0.39, 0.29) is 10.6 Å². The lowest BCUT2D eigenvalue weighted by molar-refractivity contribution is 0.486. The molecule has 0 bridgehead atoms. The zero-order valence-corrected chi connectivity index (χ0v) is 13.5. The van der Waals surface area contributed by atoms with Crippen LogP contribution in [0.2, 0.25) is 5.02 Å². The zero-order valence-electron chi connectivity index (χ0n) is 11.9. The molecule has 0 radical (unpaired) electrons. The molecule has 0 saturated carbocycles. The van der Waals surface area contributed by atoms with Gasteiger partial charge < -0.3 is 8.75 Å². The predicted octanol–water partition coefficient (Wildman–Crippen LogP) is 3.30. The highest BCUT2D eigenvalue weighted by Crippen LogP contribution is 2.26. The summed E-state index contributed by atoms with van der Waals surface area (Å²) in [6.07, 6.45) is 1.66. The van der Waals surface area contributed by atoms with E-state index in [0.717, 1.165) is 5.52 Å². The Kier molecular flexibility index (Phi) is 3.58. The van der Waals surface area contributed by atoms with Gasteiger partial charge in [0.15, 0.2) is 0 Å². The van der Waals surface area contributed by atoms with Gasteiger partial charge in [0.2, 0.25) is 0 Å². The summed E-state index contributed by atoms with van der Waals surface area (Å²) < 4.78 is 31.9. The van der Waals surface area contributed by atoms with Crippen LogP contribution in [0.3, 0.4) is 0 Å². The first-order chi connectivity index (χ1) is 10.4. The summed E-state index contributed by atoms with van der Waals surface area (Å²) in [4.78, 5) is 4.24. The third kappa shape index (κ3) is 2.67. The van der Waals surface area contributed by atoms with Crippen LogP contribution >= 0.6 is 11.6 Å². The number of imidazole rings is 1. The van der Waals surface area contributed by atoms with Crippen LogP contribution in [0, 0.1) is 6.92 Å². The van der Waals surface area contributed by atoms with Gasteiger partial charge >= 0.3 is 10.1 Å². The van der Waals surface area contributed by atoms with Gasteiger partial charge in [0, 0.05) is 18.1 Å². The van der Waals surface area contributed by atoms with E-state index in [4.69, 9.17) is 15.8 Å². The fourth-order valence-corrected chi connectivity index (χ4v) is 3.60. The molecular weight excluding hydrogens is 324 g/mol. The van der Waals surface area contributed by atoms with Gasteiger partial charge in [0.25, 0.3) is 0 Å². The van der Waals surface area contributed by atoms with E-state index in [2.05, 4.69) is 4.98 Å². The first kappa shape index (κ1) is 14.9. The molecule has 0 aliphatic carbocycles. The van der Waals surface area contributed by atoms with Crippen molar-refractivity contribution in [2.24, 2.45) is 7.05 Å². The normalized spacial score (nSPS) is 11.8. The monoisotopic (exact) mass is 336 g/mol. The number of halogens is 1. The second-order valence-electron chi connectivity index (χ2n) is 4.95. The number of aromatic nitrogens is 2. The summed E-state index contributed by atoms with van der Waals surface area (Å²) in [5.41, 5.74) is 2.13. The van der Waals surface area contributed by atoms with Crippen LogP contribution in [0.4, 0.5) is 0 Å². The summed E-state index contributed by atoms with van der Waals surface area (Å²) in [5.74, 6) is 0.213. The first-order valence-electron chi connectivity index (χ1n) is 6.48. The Labute approximate surface area is 133 Å². The maximum absolute atomic E-state index is 12.4. The Morgan fingerprint density at radius 1 is 1.18 bits per heavy atom. The molecule has 0 unspecified atom stereocenters. The van der Waals surface area contributed by atoms with Crippen LogP contribution in [0.25, 0.3) is 11.0 Å². The van der Waals surface area contributed by atoms with Crippen molar-refractivity contribution in [2.45, 2.75) is 11.8 Å². The zero-order chi connectivity index (χ0) is 15.9. The molecule has 0 saturated heterocycles. The van der Waals surface area contributed by atoms with Gasteiger partial charge in [-0.3, -0.25) is 0 Å². The average molecular weight is 337 g/mol. The minimum atomic E-state index is -3.95. The second-order valence-corrected chi connectivity index (χ2v) is 6.90. The highest BCUT2D eigenvalue weighted by molar-refractivity contribution is 7.87. The molecule has 3 aromatic rings. The van der Waals surface area contributed by atoms with Crippen molar-refractivity contribution in [1.82, 2.24) is 9.55 Å². The molecule has 0 N–H and O–H groups in total. The molecule has 114 valence electrons. The number of fused-ring (bicyclic) bond motifs is 1. The molecule has 0 aliphatic heterocycles. The quantitative estimate of drug-likeness (QED) is 0.688. The van der Waals surface area contributed by atoms with Gasteiger partial charge in [-0.1, -0.05) is 17.7 Å². The number of hydrogen-bond donors (Lipinski definition) is 0. The van der Waals surface area contributed by atoms with E-state index in [1.54, 1.807) is 43.6 Å². The number of hydrogen-bond acceptors (Lipinski definition) is 4. The van der Waals surface area contributed by atoms with Crippen molar-refractivity contribution in [3.63, 3.8) is 0 Å². The third-order valence-electron chi connectivity index (χ3n) is 3.32. The van der Waals surface area contributed by atoms with E-state index in [0.29, 0.717) is 16.1 Å². The molecule has 22 heavy (non-hydrogen) atoms. The van der Waals surface area contributed by atoms with Crippen molar-refractivity contribution < 1.29 is 12.6 Å². The molecule has 0 spiro atoms. The smallest absolute Gasteiger partial charge is 0.339 e. The molecule has 5 nitrogen and oxygen atoms in total. The molecule has 0 amide bonds. The van der Waals surface area contributed by atoms with Crippen molar-refractivity contribution >= 4 is 32.8 Å². The number of rotatable bonds is 3. The number of benzene rings is 2. The van der Waals surface area contributed by atoms with Crippen molar-refractivity contribution in [1.29, 1.82) is 0 Å². The van der Waals surface area contributed by atoms with E-state index in [9.17, 15) is 8.42 Å². The van der Waals surface area contributed by atoms with Gasteiger partial charge in [0.1, 0.15) is 10.6 Å². The van der Waals surface area contributed by atoms with Gasteiger partial charge in [-0.05, 0) is 36.8 Å². The predicted molar refractivity (Wildman–Crippen MR) is 84.7 cm³/mol. The van der Waals surface area contributed by atoms with Crippen LogP contribution in [-0.2, 0) is 17.2 Å². The molecule has 7 heteroatoms. The molecule has 0 fully saturated rings. The number of aryl methyl sites for hydroxylation is 2. The van der Waals surface area contributed by atoms with Crippen molar-refractivity contribution in [3.05, 3.63) is 53.3 Å². The van der Waals surface area contributed by atoms with Crippen LogP contribution in [0.15, 0.2) is 47.6 Å². The van der Waals surface area contributed by atoms with Crippen LogP contribution in [0.1, 0.15) is 5.56 Å². The molecule has 2 aromatic carbocycles. The summed E-state index contributed by atoms with van der Waals surface area (Å²) in [6, 6.07) is 9.61. The summed E-state index contributed by atoms with van der Waals surface area (Å²) in [5, 5.41) is 0.341. The Morgan fingerprint density at radius 3 is 2.73 bits per heavy atom. The van der Waals surface area contributed by atoms with Crippen molar-refractivity contribution in [3.8, 4) is 5.75 Å². The molecule has 1 aromatic heterocycles. The molecule has 3 rings (SSSR count). The second kappa shape index (κ2) is 5.30. The Balaban J connectivity index is 2.00. The first-order valence-corrected chi connectivity index (χ1v) is 8.27. The Bertz CT molecular complexity index is 964. The third-order valence-corrected chi connectivity index (χ3v) is 4.95. The fraction of sp³-hybridized carbons (Fsp3) is 0.133. The summed E-state index contributed by atoms with van der Waals surface area (Å²) in [7, 11) is -2.08. The van der Waals surface area contributed by atoms with Crippen molar-refractivity contribution in [2.75, 3.05) is 0 Å². The number of nitrogens with zero attached hydrogens (tertiary/aromatic N) is 2. The summed E-state index contributed by atoms with van der Waals surface area (Å²) in [6.45, 7) is 1.69. The maximum Gasteiger partial charge on any atom is 0.339 e. The van der Waals surface area contributed by atoms with Crippen LogP contribution in [-0.4, -0.2) is 18.0 Å². The van der Waals surface area contributed by atoms with Gasteiger partial charge in [-0.15, -0.1) is 0 Å². The van der Waals surface area contributed by atoms with Gasteiger partial charge in [-0.2, -0.15) is 8.42 Å². The molecule has 0 atom stereocenters. The lowest BCUT2D eigenvalue weighted by Crippen LogP contribution is -2.11. The lowest BCUT2D eigenvalue weighted by atomic mass is 10.2.